The molecule has 1 aromatic rings. The number of halogens is 4. The molecule has 0 aliphatic heterocycles. The predicted octanol–water partition coefficient (Wildman–Crippen LogP) is 2.92. The van der Waals surface area contributed by atoms with E-state index in [9.17, 15) is 22.4 Å². The van der Waals surface area contributed by atoms with E-state index in [1.165, 1.54) is 36.2 Å². The molecule has 0 saturated carbocycles. The van der Waals surface area contributed by atoms with Gasteiger partial charge in [0.2, 0.25) is 5.91 Å². The number of hydrogen-bond donors (Lipinski definition) is 0. The lowest BCUT2D eigenvalue weighted by molar-refractivity contribution is -0.178. The molecule has 1 rings (SSSR count). The first-order valence-electron chi connectivity index (χ1n) is 5.86. The van der Waals surface area contributed by atoms with Gasteiger partial charge in [-0.15, -0.1) is 0 Å². The second kappa shape index (κ2) is 6.69. The third-order valence-corrected chi connectivity index (χ3v) is 2.82. The average Bonchev–Trinajstić information content (AvgIpc) is 2.36. The lowest BCUT2D eigenvalue weighted by Crippen LogP contribution is -2.33. The molecule has 1 atom stereocenters. The van der Waals surface area contributed by atoms with Crippen molar-refractivity contribution >= 4 is 5.91 Å². The molecule has 0 bridgehead atoms. The zero-order chi connectivity index (χ0) is 15.3. The van der Waals surface area contributed by atoms with Crippen LogP contribution < -0.4 is 0 Å². The molecule has 0 saturated heterocycles. The Morgan fingerprint density at radius 3 is 2.35 bits per heavy atom. The minimum Gasteiger partial charge on any atom is -0.362 e. The maximum atomic E-state index is 12.8. The van der Waals surface area contributed by atoms with E-state index in [0.29, 0.717) is 5.56 Å². The van der Waals surface area contributed by atoms with Crippen LogP contribution in [0.15, 0.2) is 24.3 Å². The summed E-state index contributed by atoms with van der Waals surface area (Å²) in [5.41, 5.74) is 0.679. The highest BCUT2D eigenvalue weighted by Gasteiger charge is 2.28. The maximum Gasteiger partial charge on any atom is 0.411 e. The molecule has 0 aliphatic rings. The number of amides is 1. The van der Waals surface area contributed by atoms with Gasteiger partial charge in [-0.2, -0.15) is 13.2 Å². The van der Waals surface area contributed by atoms with Crippen molar-refractivity contribution in [3.05, 3.63) is 35.6 Å². The molecule has 0 N–H and O–H groups in total. The van der Waals surface area contributed by atoms with Crippen LogP contribution in [-0.2, 0) is 9.53 Å². The molecule has 0 radical (unpaired) electrons. The van der Waals surface area contributed by atoms with E-state index >= 15 is 0 Å². The Kier molecular flexibility index (Phi) is 5.50. The van der Waals surface area contributed by atoms with Crippen molar-refractivity contribution in [3.63, 3.8) is 0 Å². The molecule has 3 nitrogen and oxygen atoms in total. The minimum absolute atomic E-state index is 0.391. The van der Waals surface area contributed by atoms with Crippen LogP contribution in [0, 0.1) is 5.82 Å². The van der Waals surface area contributed by atoms with E-state index in [0.717, 1.165) is 0 Å². The molecule has 0 fully saturated rings. The molecule has 0 spiro atoms. The van der Waals surface area contributed by atoms with Gasteiger partial charge in [-0.25, -0.2) is 4.39 Å². The molecule has 0 aromatic heterocycles. The highest BCUT2D eigenvalue weighted by Crippen LogP contribution is 2.19. The maximum absolute atomic E-state index is 12.8. The van der Waals surface area contributed by atoms with Crippen LogP contribution in [0.25, 0.3) is 0 Å². The van der Waals surface area contributed by atoms with Gasteiger partial charge in [0, 0.05) is 7.05 Å². The van der Waals surface area contributed by atoms with Gasteiger partial charge in [0.25, 0.3) is 0 Å². The smallest absolute Gasteiger partial charge is 0.362 e. The molecule has 112 valence electrons. The second-order valence-electron chi connectivity index (χ2n) is 4.34. The van der Waals surface area contributed by atoms with Gasteiger partial charge in [0.1, 0.15) is 19.0 Å². The van der Waals surface area contributed by atoms with Crippen molar-refractivity contribution in [2.45, 2.75) is 19.1 Å². The Hall–Kier alpha value is -1.63. The van der Waals surface area contributed by atoms with Crippen LogP contribution in [0.3, 0.4) is 0 Å². The normalized spacial score (nSPS) is 13.1. The largest absolute Gasteiger partial charge is 0.411 e. The Morgan fingerprint density at radius 2 is 1.85 bits per heavy atom. The van der Waals surface area contributed by atoms with E-state index in [-0.39, 0.29) is 0 Å². The van der Waals surface area contributed by atoms with Gasteiger partial charge in [-0.3, -0.25) is 4.79 Å². The molecule has 0 aliphatic carbocycles. The van der Waals surface area contributed by atoms with Crippen LogP contribution in [-0.4, -0.2) is 37.2 Å². The molecule has 7 heteroatoms. The quantitative estimate of drug-likeness (QED) is 0.781. The Bertz CT molecular complexity index is 445. The van der Waals surface area contributed by atoms with Crippen molar-refractivity contribution in [1.82, 2.24) is 4.90 Å². The SMILES string of the molecule is CC(c1ccc(F)cc1)N(C)C(=O)COCC(F)(F)F. The predicted molar refractivity (Wildman–Crippen MR) is 64.5 cm³/mol. The number of benzene rings is 1. The monoisotopic (exact) mass is 293 g/mol. The summed E-state index contributed by atoms with van der Waals surface area (Å²) < 4.78 is 52.7. The van der Waals surface area contributed by atoms with E-state index < -0.39 is 37.2 Å². The third kappa shape index (κ3) is 5.16. The summed E-state index contributed by atoms with van der Waals surface area (Å²) >= 11 is 0. The van der Waals surface area contributed by atoms with Crippen LogP contribution in [0.4, 0.5) is 17.6 Å². The van der Waals surface area contributed by atoms with E-state index in [2.05, 4.69) is 4.74 Å². The van der Waals surface area contributed by atoms with Gasteiger partial charge in [-0.1, -0.05) is 12.1 Å². The fourth-order valence-corrected chi connectivity index (χ4v) is 1.54. The summed E-state index contributed by atoms with van der Waals surface area (Å²) in [7, 11) is 1.45. The molecule has 1 aromatic carbocycles. The summed E-state index contributed by atoms with van der Waals surface area (Å²) in [5, 5.41) is 0. The zero-order valence-corrected chi connectivity index (χ0v) is 11.1. The Balaban J connectivity index is 2.53. The lowest BCUT2D eigenvalue weighted by Gasteiger charge is -2.25. The standard InChI is InChI=1S/C13H15F4NO2/c1-9(10-3-5-11(14)6-4-10)18(2)12(19)7-20-8-13(15,16)17/h3-6,9H,7-8H2,1-2H3. The highest BCUT2D eigenvalue weighted by molar-refractivity contribution is 5.77. The van der Waals surface area contributed by atoms with Gasteiger partial charge in [-0.05, 0) is 24.6 Å². The summed E-state index contributed by atoms with van der Waals surface area (Å²) in [6.07, 6.45) is -4.46. The van der Waals surface area contributed by atoms with E-state index in [4.69, 9.17) is 0 Å². The minimum atomic E-state index is -4.46. The van der Waals surface area contributed by atoms with Crippen molar-refractivity contribution in [1.29, 1.82) is 0 Å². The van der Waals surface area contributed by atoms with Crippen molar-refractivity contribution in [3.8, 4) is 0 Å². The fourth-order valence-electron chi connectivity index (χ4n) is 1.54. The number of rotatable bonds is 5. The number of hydrogen-bond acceptors (Lipinski definition) is 2. The number of carbonyl (C=O) groups excluding carboxylic acids is 1. The van der Waals surface area contributed by atoms with Crippen molar-refractivity contribution < 1.29 is 27.1 Å². The average molecular weight is 293 g/mol. The van der Waals surface area contributed by atoms with Crippen LogP contribution >= 0.6 is 0 Å². The topological polar surface area (TPSA) is 29.5 Å². The molecule has 0 heterocycles. The highest BCUT2D eigenvalue weighted by atomic mass is 19.4. The number of likely N-dealkylation sites (N-methyl/N-ethyl adjacent to an activating group) is 1. The summed E-state index contributed by atoms with van der Waals surface area (Å²) in [6, 6.07) is 5.15. The van der Waals surface area contributed by atoms with E-state index in [1.807, 2.05) is 0 Å². The molecule has 1 unspecified atom stereocenters. The molecule has 20 heavy (non-hydrogen) atoms. The summed E-state index contributed by atoms with van der Waals surface area (Å²) in [4.78, 5) is 12.9. The number of alkyl halides is 3. The first-order valence-corrected chi connectivity index (χ1v) is 5.86. The van der Waals surface area contributed by atoms with Gasteiger partial charge in [0.05, 0.1) is 6.04 Å². The second-order valence-corrected chi connectivity index (χ2v) is 4.34. The van der Waals surface area contributed by atoms with Gasteiger partial charge >= 0.3 is 6.18 Å². The van der Waals surface area contributed by atoms with Crippen molar-refractivity contribution in [2.75, 3.05) is 20.3 Å². The first-order chi connectivity index (χ1) is 9.20. The lowest BCUT2D eigenvalue weighted by atomic mass is 10.1. The summed E-state index contributed by atoms with van der Waals surface area (Å²) in [5.74, 6) is -0.977. The van der Waals surface area contributed by atoms with E-state index in [1.54, 1.807) is 6.92 Å². The third-order valence-electron chi connectivity index (χ3n) is 2.82. The first kappa shape index (κ1) is 16.4. The zero-order valence-electron chi connectivity index (χ0n) is 11.1. The molecule has 1 amide bonds. The molecular formula is C13H15F4NO2. The fraction of sp³-hybridized carbons (Fsp3) is 0.462. The molecular weight excluding hydrogens is 278 g/mol. The number of carbonyl (C=O) groups is 1. The summed E-state index contributed by atoms with van der Waals surface area (Å²) in [6.45, 7) is -0.423. The van der Waals surface area contributed by atoms with Crippen LogP contribution in [0.2, 0.25) is 0 Å². The van der Waals surface area contributed by atoms with Gasteiger partial charge in [0.15, 0.2) is 0 Å². The van der Waals surface area contributed by atoms with Crippen molar-refractivity contribution in [2.24, 2.45) is 0 Å². The number of ether oxygens (including phenoxy) is 1. The Morgan fingerprint density at radius 1 is 1.30 bits per heavy atom. The van der Waals surface area contributed by atoms with Crippen LogP contribution in [0.5, 0.6) is 0 Å². The number of nitrogens with zero attached hydrogens (tertiary/aromatic N) is 1. The van der Waals surface area contributed by atoms with Crippen LogP contribution in [0.1, 0.15) is 18.5 Å². The van der Waals surface area contributed by atoms with Gasteiger partial charge < -0.3 is 9.64 Å². The Labute approximate surface area is 114 Å².